The molecule has 1 aliphatic rings. The molecule has 0 spiro atoms. The number of esters is 1. The van der Waals surface area contributed by atoms with Crippen LogP contribution in [0, 0.1) is 10.1 Å². The number of ether oxygens (including phenoxy) is 2. The number of anilines is 1. The van der Waals surface area contributed by atoms with Crippen LogP contribution >= 0.6 is 0 Å². The number of methoxy groups -OCH3 is 1. The quantitative estimate of drug-likeness (QED) is 0.324. The van der Waals surface area contributed by atoms with E-state index in [1.54, 1.807) is 4.90 Å². The van der Waals surface area contributed by atoms with E-state index in [1.807, 2.05) is 0 Å². The topological polar surface area (TPSA) is 111 Å². The number of nitro groups is 1. The van der Waals surface area contributed by atoms with Gasteiger partial charge in [0.1, 0.15) is 5.69 Å². The fourth-order valence-electron chi connectivity index (χ4n) is 2.72. The lowest BCUT2D eigenvalue weighted by Gasteiger charge is -2.20. The Labute approximate surface area is 151 Å². The summed E-state index contributed by atoms with van der Waals surface area (Å²) in [7, 11) is 1.53. The van der Waals surface area contributed by atoms with Crippen LogP contribution < -0.4 is 5.32 Å². The van der Waals surface area contributed by atoms with Crippen molar-refractivity contribution in [3.8, 4) is 0 Å². The molecule has 1 aromatic carbocycles. The molecule has 1 saturated heterocycles. The standard InChI is InChI=1S/C17H23N3O6/c1-12(16(21)19-8-3-4-9-19)26-17(22)13-5-6-14(18-7-10-25-2)15(11-13)20(23)24/h5-6,11-12,18H,3-4,7-10H2,1-2H3/t12-/m0/s1. The van der Waals surface area contributed by atoms with Crippen molar-refractivity contribution in [2.24, 2.45) is 0 Å². The maximum Gasteiger partial charge on any atom is 0.339 e. The normalized spacial score (nSPS) is 14.8. The van der Waals surface area contributed by atoms with Gasteiger partial charge >= 0.3 is 5.97 Å². The fourth-order valence-corrected chi connectivity index (χ4v) is 2.72. The second kappa shape index (κ2) is 9.14. The summed E-state index contributed by atoms with van der Waals surface area (Å²) < 4.78 is 10.1. The van der Waals surface area contributed by atoms with Crippen LogP contribution in [0.25, 0.3) is 0 Å². The van der Waals surface area contributed by atoms with Crippen LogP contribution in [-0.4, -0.2) is 61.2 Å². The summed E-state index contributed by atoms with van der Waals surface area (Å²) >= 11 is 0. The Balaban J connectivity index is 2.06. The summed E-state index contributed by atoms with van der Waals surface area (Å²) in [5, 5.41) is 14.1. The zero-order chi connectivity index (χ0) is 19.1. The van der Waals surface area contributed by atoms with Crippen LogP contribution in [0.3, 0.4) is 0 Å². The number of hydrogen-bond donors (Lipinski definition) is 1. The second-order valence-corrected chi connectivity index (χ2v) is 5.99. The van der Waals surface area contributed by atoms with Gasteiger partial charge in [0, 0.05) is 32.8 Å². The number of amides is 1. The molecule has 1 aromatic rings. The molecule has 0 unspecified atom stereocenters. The zero-order valence-corrected chi connectivity index (χ0v) is 14.9. The number of carbonyl (C=O) groups excluding carboxylic acids is 2. The van der Waals surface area contributed by atoms with Gasteiger partial charge in [-0.3, -0.25) is 14.9 Å². The van der Waals surface area contributed by atoms with Crippen molar-refractivity contribution in [3.63, 3.8) is 0 Å². The number of nitro benzene ring substituents is 1. The lowest BCUT2D eigenvalue weighted by Crippen LogP contribution is -2.38. The molecule has 26 heavy (non-hydrogen) atoms. The molecule has 0 aliphatic carbocycles. The summed E-state index contributed by atoms with van der Waals surface area (Å²) in [5.74, 6) is -1.01. The molecule has 2 rings (SSSR count). The van der Waals surface area contributed by atoms with E-state index in [2.05, 4.69) is 5.32 Å². The van der Waals surface area contributed by atoms with Gasteiger partial charge in [-0.15, -0.1) is 0 Å². The Morgan fingerprint density at radius 2 is 2.04 bits per heavy atom. The summed E-state index contributed by atoms with van der Waals surface area (Å²) in [4.78, 5) is 36.8. The first-order valence-corrected chi connectivity index (χ1v) is 8.45. The van der Waals surface area contributed by atoms with E-state index in [4.69, 9.17) is 9.47 Å². The summed E-state index contributed by atoms with van der Waals surface area (Å²) in [6.45, 7) is 3.61. The number of nitrogens with one attached hydrogen (secondary N) is 1. The van der Waals surface area contributed by atoms with E-state index in [9.17, 15) is 19.7 Å². The van der Waals surface area contributed by atoms with Gasteiger partial charge in [-0.25, -0.2) is 4.79 Å². The summed E-state index contributed by atoms with van der Waals surface area (Å²) in [6, 6.07) is 4.01. The summed E-state index contributed by atoms with van der Waals surface area (Å²) in [6.07, 6.45) is 0.950. The Hall–Kier alpha value is -2.68. The van der Waals surface area contributed by atoms with E-state index in [0.29, 0.717) is 26.2 Å². The second-order valence-electron chi connectivity index (χ2n) is 5.99. The number of likely N-dealkylation sites (tertiary alicyclic amines) is 1. The average molecular weight is 365 g/mol. The van der Waals surface area contributed by atoms with E-state index >= 15 is 0 Å². The predicted octanol–water partition coefficient (Wildman–Crippen LogP) is 1.82. The SMILES string of the molecule is COCCNc1ccc(C(=O)O[C@@H](C)C(=O)N2CCCC2)cc1[N+](=O)[O-]. The number of hydrogen-bond acceptors (Lipinski definition) is 7. The van der Waals surface area contributed by atoms with Crippen LogP contribution in [0.15, 0.2) is 18.2 Å². The molecule has 1 N–H and O–H groups in total. The molecule has 9 nitrogen and oxygen atoms in total. The lowest BCUT2D eigenvalue weighted by molar-refractivity contribution is -0.384. The van der Waals surface area contributed by atoms with Crippen molar-refractivity contribution in [1.82, 2.24) is 4.90 Å². The van der Waals surface area contributed by atoms with Crippen LogP contribution in [-0.2, 0) is 14.3 Å². The molecule has 0 bridgehead atoms. The average Bonchev–Trinajstić information content (AvgIpc) is 3.15. The van der Waals surface area contributed by atoms with Gasteiger partial charge in [0.2, 0.25) is 0 Å². The molecule has 1 aliphatic heterocycles. The first-order valence-electron chi connectivity index (χ1n) is 8.45. The van der Waals surface area contributed by atoms with Gasteiger partial charge in [0.15, 0.2) is 6.10 Å². The molecule has 0 aromatic heterocycles. The van der Waals surface area contributed by atoms with Gasteiger partial charge in [0.05, 0.1) is 17.1 Å². The van der Waals surface area contributed by atoms with Crippen molar-refractivity contribution in [2.75, 3.05) is 38.7 Å². The number of benzene rings is 1. The van der Waals surface area contributed by atoms with Crippen molar-refractivity contribution in [3.05, 3.63) is 33.9 Å². The highest BCUT2D eigenvalue weighted by Gasteiger charge is 2.27. The van der Waals surface area contributed by atoms with Crippen LogP contribution in [0.1, 0.15) is 30.1 Å². The molecule has 1 atom stereocenters. The highest BCUT2D eigenvalue weighted by atomic mass is 16.6. The molecule has 1 amide bonds. The van der Waals surface area contributed by atoms with Crippen LogP contribution in [0.4, 0.5) is 11.4 Å². The third-order valence-corrected chi connectivity index (χ3v) is 4.10. The maximum absolute atomic E-state index is 12.3. The highest BCUT2D eigenvalue weighted by Crippen LogP contribution is 2.26. The Morgan fingerprint density at radius 3 is 2.65 bits per heavy atom. The van der Waals surface area contributed by atoms with Crippen molar-refractivity contribution >= 4 is 23.3 Å². The first kappa shape index (κ1) is 19.6. The molecule has 0 radical (unpaired) electrons. The van der Waals surface area contributed by atoms with E-state index < -0.39 is 17.0 Å². The summed E-state index contributed by atoms with van der Waals surface area (Å²) in [5.41, 5.74) is 0.0638. The Kier molecular flexibility index (Phi) is 6.90. The lowest BCUT2D eigenvalue weighted by atomic mass is 10.1. The van der Waals surface area contributed by atoms with Gasteiger partial charge in [0.25, 0.3) is 11.6 Å². The minimum atomic E-state index is -0.931. The van der Waals surface area contributed by atoms with Gasteiger partial charge in [-0.2, -0.15) is 0 Å². The third kappa shape index (κ3) is 4.92. The van der Waals surface area contributed by atoms with Crippen molar-refractivity contribution in [1.29, 1.82) is 0 Å². The maximum atomic E-state index is 12.3. The number of carbonyl (C=O) groups is 2. The molecule has 142 valence electrons. The van der Waals surface area contributed by atoms with Crippen molar-refractivity contribution < 1.29 is 24.0 Å². The Bertz CT molecular complexity index is 672. The van der Waals surface area contributed by atoms with Crippen molar-refractivity contribution in [2.45, 2.75) is 25.9 Å². The number of nitrogens with zero attached hydrogens (tertiary/aromatic N) is 2. The van der Waals surface area contributed by atoms with E-state index in [1.165, 1.54) is 26.2 Å². The van der Waals surface area contributed by atoms with Gasteiger partial charge in [-0.05, 0) is 31.9 Å². The van der Waals surface area contributed by atoms with Gasteiger partial charge < -0.3 is 19.7 Å². The largest absolute Gasteiger partial charge is 0.449 e. The molecule has 1 fully saturated rings. The Morgan fingerprint density at radius 1 is 1.35 bits per heavy atom. The van der Waals surface area contributed by atoms with Crippen LogP contribution in [0.2, 0.25) is 0 Å². The number of rotatable bonds is 8. The zero-order valence-electron chi connectivity index (χ0n) is 14.9. The fraction of sp³-hybridized carbons (Fsp3) is 0.529. The minimum absolute atomic E-state index is 0.0232. The van der Waals surface area contributed by atoms with Crippen LogP contribution in [0.5, 0.6) is 0 Å². The van der Waals surface area contributed by atoms with Gasteiger partial charge in [-0.1, -0.05) is 0 Å². The monoisotopic (exact) mass is 365 g/mol. The third-order valence-electron chi connectivity index (χ3n) is 4.10. The molecule has 0 saturated carbocycles. The van der Waals surface area contributed by atoms with E-state index in [0.717, 1.165) is 18.9 Å². The van der Waals surface area contributed by atoms with E-state index in [-0.39, 0.29) is 22.8 Å². The molecule has 9 heteroatoms. The predicted molar refractivity (Wildman–Crippen MR) is 94.2 cm³/mol. The first-order chi connectivity index (χ1) is 12.4. The smallest absolute Gasteiger partial charge is 0.339 e. The minimum Gasteiger partial charge on any atom is -0.449 e. The molecular formula is C17H23N3O6. The highest BCUT2D eigenvalue weighted by molar-refractivity contribution is 5.93. The molecule has 1 heterocycles. The molecular weight excluding hydrogens is 342 g/mol.